The number of hydrogen-bond donors (Lipinski definition) is 0. The van der Waals surface area contributed by atoms with Crippen molar-refractivity contribution >= 4 is 33.3 Å². The zero-order valence-corrected chi connectivity index (χ0v) is 12.1. The Kier molecular flexibility index (Phi) is 3.74. The third-order valence-corrected chi connectivity index (χ3v) is 4.82. The lowest BCUT2D eigenvalue weighted by Crippen LogP contribution is -2.04. The van der Waals surface area contributed by atoms with Crippen LogP contribution in [0.4, 0.5) is 0 Å². The SMILES string of the molecule is CCCn1nnnc1CSc1nc2ccccc2s1. The zero-order chi connectivity index (χ0) is 13.1. The number of tetrazole rings is 1. The monoisotopic (exact) mass is 291 g/mol. The fourth-order valence-corrected chi connectivity index (χ4v) is 3.75. The molecule has 0 amide bonds. The Balaban J connectivity index is 1.73. The lowest BCUT2D eigenvalue weighted by Gasteiger charge is -2.00. The van der Waals surface area contributed by atoms with Crippen molar-refractivity contribution in [3.05, 3.63) is 30.1 Å². The molecule has 2 aromatic heterocycles. The number of thioether (sulfide) groups is 1. The molecule has 0 unspecified atom stereocenters. The number of nitrogens with zero attached hydrogens (tertiary/aromatic N) is 5. The first-order valence-electron chi connectivity index (χ1n) is 6.10. The molecule has 5 nitrogen and oxygen atoms in total. The minimum atomic E-state index is 0.757. The molecule has 7 heteroatoms. The first kappa shape index (κ1) is 12.6. The highest BCUT2D eigenvalue weighted by molar-refractivity contribution is 8.00. The van der Waals surface area contributed by atoms with Crippen molar-refractivity contribution in [3.8, 4) is 0 Å². The number of aryl methyl sites for hydroxylation is 1. The van der Waals surface area contributed by atoms with Crippen LogP contribution in [0.2, 0.25) is 0 Å². The van der Waals surface area contributed by atoms with Gasteiger partial charge in [-0.25, -0.2) is 9.67 Å². The van der Waals surface area contributed by atoms with Crippen LogP contribution in [0.25, 0.3) is 10.2 Å². The second kappa shape index (κ2) is 5.66. The molecule has 0 aliphatic heterocycles. The van der Waals surface area contributed by atoms with Gasteiger partial charge in [-0.15, -0.1) is 16.4 Å². The lowest BCUT2D eigenvalue weighted by atomic mass is 10.3. The van der Waals surface area contributed by atoms with Gasteiger partial charge in [0.15, 0.2) is 10.2 Å². The molecule has 0 aliphatic rings. The number of aromatic nitrogens is 5. The van der Waals surface area contributed by atoms with Gasteiger partial charge >= 0.3 is 0 Å². The maximum Gasteiger partial charge on any atom is 0.161 e. The maximum absolute atomic E-state index is 4.59. The Morgan fingerprint density at radius 2 is 2.21 bits per heavy atom. The third-order valence-electron chi connectivity index (χ3n) is 2.64. The summed E-state index contributed by atoms with van der Waals surface area (Å²) < 4.78 is 4.14. The molecular weight excluding hydrogens is 278 g/mol. The van der Waals surface area contributed by atoms with Crippen LogP contribution >= 0.6 is 23.1 Å². The molecule has 0 saturated carbocycles. The smallest absolute Gasteiger partial charge is 0.161 e. The molecule has 98 valence electrons. The summed E-state index contributed by atoms with van der Waals surface area (Å²) in [5.41, 5.74) is 1.06. The van der Waals surface area contributed by atoms with E-state index in [0.717, 1.165) is 34.4 Å². The Morgan fingerprint density at radius 3 is 3.05 bits per heavy atom. The summed E-state index contributed by atoms with van der Waals surface area (Å²) in [4.78, 5) is 4.59. The van der Waals surface area contributed by atoms with Gasteiger partial charge in [-0.05, 0) is 29.0 Å². The highest BCUT2D eigenvalue weighted by atomic mass is 32.2. The van der Waals surface area contributed by atoms with Crippen LogP contribution in [0.1, 0.15) is 19.2 Å². The van der Waals surface area contributed by atoms with Crippen LogP contribution in [-0.4, -0.2) is 25.2 Å². The molecule has 3 aromatic rings. The maximum atomic E-state index is 4.59. The van der Waals surface area contributed by atoms with Crippen LogP contribution < -0.4 is 0 Å². The Hall–Kier alpha value is -1.47. The van der Waals surface area contributed by atoms with Crippen LogP contribution in [-0.2, 0) is 12.3 Å². The first-order chi connectivity index (χ1) is 9.36. The van der Waals surface area contributed by atoms with Crippen molar-refractivity contribution in [1.82, 2.24) is 25.2 Å². The van der Waals surface area contributed by atoms with Crippen molar-refractivity contribution in [2.45, 2.75) is 30.0 Å². The molecule has 0 spiro atoms. The topological polar surface area (TPSA) is 56.5 Å². The van der Waals surface area contributed by atoms with E-state index in [1.807, 2.05) is 22.9 Å². The van der Waals surface area contributed by atoms with Gasteiger partial charge in [0.25, 0.3) is 0 Å². The molecule has 0 saturated heterocycles. The quantitative estimate of drug-likeness (QED) is 0.676. The van der Waals surface area contributed by atoms with E-state index in [4.69, 9.17) is 0 Å². The van der Waals surface area contributed by atoms with Gasteiger partial charge < -0.3 is 0 Å². The third kappa shape index (κ3) is 2.76. The number of rotatable bonds is 5. The van der Waals surface area contributed by atoms with E-state index in [1.165, 1.54) is 4.70 Å². The van der Waals surface area contributed by atoms with Crippen LogP contribution in [0.15, 0.2) is 28.6 Å². The molecule has 2 heterocycles. The van der Waals surface area contributed by atoms with Crippen LogP contribution in [0.3, 0.4) is 0 Å². The molecule has 0 aliphatic carbocycles. The minimum Gasteiger partial charge on any atom is -0.230 e. The van der Waals surface area contributed by atoms with Crippen molar-refractivity contribution in [2.75, 3.05) is 0 Å². The number of thiazole rings is 1. The average Bonchev–Trinajstić information content (AvgIpc) is 3.02. The number of fused-ring (bicyclic) bond motifs is 1. The van der Waals surface area contributed by atoms with Crippen LogP contribution in [0.5, 0.6) is 0 Å². The first-order valence-corrected chi connectivity index (χ1v) is 7.90. The Morgan fingerprint density at radius 1 is 1.32 bits per heavy atom. The number of benzene rings is 1. The molecule has 0 radical (unpaired) electrons. The van der Waals surface area contributed by atoms with E-state index in [9.17, 15) is 0 Å². The summed E-state index contributed by atoms with van der Waals surface area (Å²) in [5.74, 6) is 1.67. The summed E-state index contributed by atoms with van der Waals surface area (Å²) >= 11 is 3.40. The normalized spacial score (nSPS) is 11.2. The van der Waals surface area contributed by atoms with Crippen molar-refractivity contribution in [3.63, 3.8) is 0 Å². The lowest BCUT2D eigenvalue weighted by molar-refractivity contribution is 0.564. The molecule has 19 heavy (non-hydrogen) atoms. The number of para-hydroxylation sites is 1. The summed E-state index contributed by atoms with van der Waals surface area (Å²) in [6.07, 6.45) is 1.03. The van der Waals surface area contributed by atoms with E-state index in [2.05, 4.69) is 33.5 Å². The van der Waals surface area contributed by atoms with E-state index >= 15 is 0 Å². The second-order valence-electron chi connectivity index (χ2n) is 4.05. The standard InChI is InChI=1S/C12H13N5S2/c1-2-7-17-11(14-15-16-17)8-18-12-13-9-5-3-4-6-10(9)19-12/h3-6H,2,7-8H2,1H3. The summed E-state index contributed by atoms with van der Waals surface area (Å²) in [5, 5.41) is 11.8. The summed E-state index contributed by atoms with van der Waals surface area (Å²) in [6.45, 7) is 2.98. The molecule has 0 bridgehead atoms. The van der Waals surface area contributed by atoms with E-state index in [0.29, 0.717) is 0 Å². The van der Waals surface area contributed by atoms with Gasteiger partial charge in [-0.2, -0.15) is 0 Å². The summed E-state index contributed by atoms with van der Waals surface area (Å²) in [7, 11) is 0. The molecule has 3 rings (SSSR count). The zero-order valence-electron chi connectivity index (χ0n) is 10.5. The molecule has 0 fully saturated rings. The minimum absolute atomic E-state index is 0.757. The fraction of sp³-hybridized carbons (Fsp3) is 0.333. The highest BCUT2D eigenvalue weighted by Gasteiger charge is 2.08. The van der Waals surface area contributed by atoms with Gasteiger partial charge in [0.2, 0.25) is 0 Å². The predicted molar refractivity (Wildman–Crippen MR) is 77.3 cm³/mol. The van der Waals surface area contributed by atoms with Crippen molar-refractivity contribution in [1.29, 1.82) is 0 Å². The van der Waals surface area contributed by atoms with E-state index < -0.39 is 0 Å². The Labute approximate surface area is 119 Å². The van der Waals surface area contributed by atoms with Crippen molar-refractivity contribution in [2.24, 2.45) is 0 Å². The average molecular weight is 291 g/mol. The molecule has 0 N–H and O–H groups in total. The van der Waals surface area contributed by atoms with Crippen LogP contribution in [0, 0.1) is 0 Å². The van der Waals surface area contributed by atoms with Gasteiger partial charge in [0, 0.05) is 6.54 Å². The molecule has 1 aromatic carbocycles. The largest absolute Gasteiger partial charge is 0.230 e. The molecular formula is C12H13N5S2. The van der Waals surface area contributed by atoms with Gasteiger partial charge in [0.1, 0.15) is 0 Å². The van der Waals surface area contributed by atoms with E-state index in [1.54, 1.807) is 23.1 Å². The van der Waals surface area contributed by atoms with Gasteiger partial charge in [-0.1, -0.05) is 30.8 Å². The highest BCUT2D eigenvalue weighted by Crippen LogP contribution is 2.30. The van der Waals surface area contributed by atoms with E-state index in [-0.39, 0.29) is 0 Å². The van der Waals surface area contributed by atoms with Gasteiger partial charge in [-0.3, -0.25) is 0 Å². The fourth-order valence-electron chi connectivity index (χ4n) is 1.75. The summed E-state index contributed by atoms with van der Waals surface area (Å²) in [6, 6.07) is 8.18. The second-order valence-corrected chi connectivity index (χ2v) is 6.31. The predicted octanol–water partition coefficient (Wildman–Crippen LogP) is 2.99. The van der Waals surface area contributed by atoms with Crippen molar-refractivity contribution < 1.29 is 0 Å². The number of hydrogen-bond acceptors (Lipinski definition) is 6. The Bertz CT molecular complexity index is 642. The molecule has 0 atom stereocenters. The van der Waals surface area contributed by atoms with Gasteiger partial charge in [0.05, 0.1) is 16.0 Å².